The van der Waals surface area contributed by atoms with E-state index < -0.39 is 17.8 Å². The zero-order valence-electron chi connectivity index (χ0n) is 11.7. The van der Waals surface area contributed by atoms with E-state index in [2.05, 4.69) is 11.9 Å². The Morgan fingerprint density at radius 1 is 1.65 bits per heavy atom. The van der Waals surface area contributed by atoms with Gasteiger partial charge in [-0.1, -0.05) is 6.08 Å². The molecule has 0 heterocycles. The molecule has 6 nitrogen and oxygen atoms in total. The van der Waals surface area contributed by atoms with Gasteiger partial charge < -0.3 is 15.2 Å². The average molecular weight is 288 g/mol. The summed E-state index contributed by atoms with van der Waals surface area (Å²) in [4.78, 5) is 22.6. The molecule has 114 valence electrons. The number of ether oxygens (including phenoxy) is 1. The van der Waals surface area contributed by atoms with Crippen molar-refractivity contribution in [2.45, 2.75) is 24.7 Å². The second kappa shape index (κ2) is 9.22. The van der Waals surface area contributed by atoms with Crippen LogP contribution >= 0.6 is 0 Å². The van der Waals surface area contributed by atoms with Gasteiger partial charge in [-0.15, -0.1) is 6.58 Å². The summed E-state index contributed by atoms with van der Waals surface area (Å²) < 4.78 is 19.3. The highest BCUT2D eigenvalue weighted by Gasteiger charge is 2.31. The van der Waals surface area contributed by atoms with Crippen LogP contribution in [0.4, 0.5) is 4.39 Å². The summed E-state index contributed by atoms with van der Waals surface area (Å²) in [6, 6.07) is 0. The molecule has 1 unspecified atom stereocenters. The molecule has 0 aliphatic heterocycles. The Kier molecular flexibility index (Phi) is 8.42. The van der Waals surface area contributed by atoms with Gasteiger partial charge in [-0.25, -0.2) is 4.39 Å². The molecule has 0 aliphatic rings. The Labute approximate surface area is 117 Å². The molecule has 0 rings (SSSR count). The monoisotopic (exact) mass is 288 g/mol. The fourth-order valence-corrected chi connectivity index (χ4v) is 1.57. The van der Waals surface area contributed by atoms with Crippen LogP contribution < -0.4 is 5.32 Å². The van der Waals surface area contributed by atoms with Crippen LogP contribution in [0.5, 0.6) is 0 Å². The third-order valence-corrected chi connectivity index (χ3v) is 2.92. The molecule has 0 aromatic heterocycles. The van der Waals surface area contributed by atoms with Crippen LogP contribution in [-0.2, 0) is 14.3 Å². The number of hydrogen-bond donors (Lipinski definition) is 2. The minimum Gasteiger partial charge on any atom is -0.396 e. The van der Waals surface area contributed by atoms with E-state index in [1.807, 2.05) is 0 Å². The van der Waals surface area contributed by atoms with Crippen molar-refractivity contribution in [2.24, 2.45) is 0 Å². The third kappa shape index (κ3) is 5.50. The summed E-state index contributed by atoms with van der Waals surface area (Å²) in [5.74, 6) is -0.457. The standard InChI is InChI=1S/C13H21FN2O4/c1-4-13(20-3,6-8-17)9-11(14)16(10-18)7-5-12(19)15-2/h4-5,7,10-11,17H,1,6,8-9H2,2-3H3,(H,15,19)/b7-5-/t11?,13-/m1/s1. The minimum atomic E-state index is -1.71. The van der Waals surface area contributed by atoms with Crippen LogP contribution in [0.25, 0.3) is 0 Å². The number of carbonyl (C=O) groups excluding carboxylic acids is 2. The normalized spacial score (nSPS) is 15.4. The number of methoxy groups -OCH3 is 1. The van der Waals surface area contributed by atoms with E-state index in [0.717, 1.165) is 12.3 Å². The summed E-state index contributed by atoms with van der Waals surface area (Å²) in [6.45, 7) is 3.35. The van der Waals surface area contributed by atoms with E-state index in [0.29, 0.717) is 4.90 Å². The summed E-state index contributed by atoms with van der Waals surface area (Å²) in [7, 11) is 2.79. The predicted octanol–water partition coefficient (Wildman–Crippen LogP) is 0.344. The first kappa shape index (κ1) is 18.3. The first-order chi connectivity index (χ1) is 9.48. The lowest BCUT2D eigenvalue weighted by atomic mass is 9.95. The van der Waals surface area contributed by atoms with Crippen LogP contribution in [0.1, 0.15) is 12.8 Å². The molecular formula is C13H21FN2O4. The van der Waals surface area contributed by atoms with E-state index in [1.165, 1.54) is 20.2 Å². The van der Waals surface area contributed by atoms with Crippen molar-refractivity contribution in [3.05, 3.63) is 24.9 Å². The van der Waals surface area contributed by atoms with Gasteiger partial charge in [0.2, 0.25) is 12.3 Å². The molecule has 20 heavy (non-hydrogen) atoms. The summed E-state index contributed by atoms with van der Waals surface area (Å²) >= 11 is 0. The molecule has 0 saturated carbocycles. The zero-order valence-corrected chi connectivity index (χ0v) is 11.7. The van der Waals surface area contributed by atoms with Gasteiger partial charge in [-0.3, -0.25) is 14.5 Å². The molecular weight excluding hydrogens is 267 g/mol. The maximum Gasteiger partial charge on any atom is 0.245 e. The van der Waals surface area contributed by atoms with Crippen LogP contribution in [-0.4, -0.2) is 55.0 Å². The van der Waals surface area contributed by atoms with Gasteiger partial charge >= 0.3 is 0 Å². The van der Waals surface area contributed by atoms with E-state index in [1.54, 1.807) is 0 Å². The SMILES string of the molecule is C=C[C@@](CCO)(CC(F)N(C=O)/C=C\C(=O)NC)OC. The van der Waals surface area contributed by atoms with E-state index in [-0.39, 0.29) is 25.9 Å². The van der Waals surface area contributed by atoms with Gasteiger partial charge in [0.1, 0.15) is 0 Å². The second-order valence-corrected chi connectivity index (χ2v) is 4.07. The fourth-order valence-electron chi connectivity index (χ4n) is 1.57. The van der Waals surface area contributed by atoms with Gasteiger partial charge in [0.05, 0.1) is 5.60 Å². The highest BCUT2D eigenvalue weighted by Crippen LogP contribution is 2.25. The number of rotatable bonds is 10. The van der Waals surface area contributed by atoms with Crippen LogP contribution in [0.2, 0.25) is 0 Å². The molecule has 0 fully saturated rings. The first-order valence-electron chi connectivity index (χ1n) is 6.05. The Hall–Kier alpha value is -1.73. The lowest BCUT2D eigenvalue weighted by Gasteiger charge is -2.31. The lowest BCUT2D eigenvalue weighted by Crippen LogP contribution is -2.38. The molecule has 0 aromatic rings. The summed E-state index contributed by atoms with van der Waals surface area (Å²) in [5.41, 5.74) is -1.07. The van der Waals surface area contributed by atoms with Crippen molar-refractivity contribution in [3.63, 3.8) is 0 Å². The largest absolute Gasteiger partial charge is 0.396 e. The maximum atomic E-state index is 14.1. The van der Waals surface area contributed by atoms with Crippen LogP contribution in [0, 0.1) is 0 Å². The lowest BCUT2D eigenvalue weighted by molar-refractivity contribution is -0.122. The van der Waals surface area contributed by atoms with Crippen molar-refractivity contribution in [2.75, 3.05) is 20.8 Å². The highest BCUT2D eigenvalue weighted by molar-refractivity contribution is 5.87. The predicted molar refractivity (Wildman–Crippen MR) is 72.3 cm³/mol. The minimum absolute atomic E-state index is 0.152. The molecule has 0 bridgehead atoms. The van der Waals surface area contributed by atoms with Crippen LogP contribution in [0.15, 0.2) is 24.9 Å². The third-order valence-electron chi connectivity index (χ3n) is 2.92. The van der Waals surface area contributed by atoms with Crippen molar-refractivity contribution >= 4 is 12.3 Å². The number of nitrogens with one attached hydrogen (secondary N) is 1. The quantitative estimate of drug-likeness (QED) is 0.263. The number of likely N-dealkylation sites (N-methyl/N-ethyl adjacent to an activating group) is 1. The number of hydrogen-bond acceptors (Lipinski definition) is 4. The van der Waals surface area contributed by atoms with Crippen molar-refractivity contribution in [3.8, 4) is 0 Å². The van der Waals surface area contributed by atoms with Gasteiger partial charge in [0.15, 0.2) is 6.30 Å². The number of nitrogens with zero attached hydrogens (tertiary/aromatic N) is 1. The average Bonchev–Trinajstić information content (AvgIpc) is 2.46. The fraction of sp³-hybridized carbons (Fsp3) is 0.538. The Balaban J connectivity index is 4.87. The number of aliphatic hydroxyl groups excluding tert-OH is 1. The number of carbonyl (C=O) groups is 2. The van der Waals surface area contributed by atoms with Crippen LogP contribution in [0.3, 0.4) is 0 Å². The van der Waals surface area contributed by atoms with Gasteiger partial charge in [-0.2, -0.15) is 0 Å². The first-order valence-corrected chi connectivity index (χ1v) is 6.05. The molecule has 0 radical (unpaired) electrons. The van der Waals surface area contributed by atoms with Crippen molar-refractivity contribution in [1.82, 2.24) is 10.2 Å². The Morgan fingerprint density at radius 2 is 2.30 bits per heavy atom. The molecule has 0 spiro atoms. The molecule has 2 atom stereocenters. The molecule has 2 amide bonds. The Bertz CT molecular complexity index is 362. The zero-order chi connectivity index (χ0) is 15.6. The van der Waals surface area contributed by atoms with Gasteiger partial charge in [0, 0.05) is 45.9 Å². The van der Waals surface area contributed by atoms with E-state index in [9.17, 15) is 14.0 Å². The second-order valence-electron chi connectivity index (χ2n) is 4.07. The smallest absolute Gasteiger partial charge is 0.245 e. The molecule has 0 aromatic carbocycles. The number of aliphatic hydroxyl groups is 1. The molecule has 0 aliphatic carbocycles. The summed E-state index contributed by atoms with van der Waals surface area (Å²) in [6.07, 6.45) is 1.98. The molecule has 0 saturated heterocycles. The van der Waals surface area contributed by atoms with Gasteiger partial charge in [-0.05, 0) is 0 Å². The number of halogens is 1. The Morgan fingerprint density at radius 3 is 2.70 bits per heavy atom. The topological polar surface area (TPSA) is 78.9 Å². The maximum absolute atomic E-state index is 14.1. The van der Waals surface area contributed by atoms with Crippen molar-refractivity contribution < 1.29 is 23.8 Å². The number of alkyl halides is 1. The van der Waals surface area contributed by atoms with E-state index >= 15 is 0 Å². The summed E-state index contributed by atoms with van der Waals surface area (Å²) in [5, 5.41) is 11.3. The molecule has 7 heteroatoms. The van der Waals surface area contributed by atoms with Gasteiger partial charge in [0.25, 0.3) is 0 Å². The van der Waals surface area contributed by atoms with E-state index in [4.69, 9.17) is 9.84 Å². The number of amides is 2. The highest BCUT2D eigenvalue weighted by atomic mass is 19.1. The molecule has 2 N–H and O–H groups in total. The van der Waals surface area contributed by atoms with Crippen molar-refractivity contribution in [1.29, 1.82) is 0 Å².